The Kier molecular flexibility index (Phi) is 6.33. The Morgan fingerprint density at radius 1 is 1.31 bits per heavy atom. The molecule has 2 N–H and O–H groups in total. The lowest BCUT2D eigenvalue weighted by Crippen LogP contribution is -2.46. The zero-order valence-electron chi connectivity index (χ0n) is 15.4. The molecule has 0 spiro atoms. The van der Waals surface area contributed by atoms with Crippen molar-refractivity contribution in [3.63, 3.8) is 0 Å². The summed E-state index contributed by atoms with van der Waals surface area (Å²) in [5.74, 6) is 0. The molecule has 1 saturated carbocycles. The zero-order valence-corrected chi connectivity index (χ0v) is 16.2. The third kappa shape index (κ3) is 4.46. The van der Waals surface area contributed by atoms with Crippen LogP contribution < -0.4 is 5.32 Å². The van der Waals surface area contributed by atoms with Crippen molar-refractivity contribution in [1.82, 2.24) is 10.2 Å². The Morgan fingerprint density at radius 3 is 2.77 bits per heavy atom. The maximum Gasteiger partial charge on any atom is 0.317 e. The van der Waals surface area contributed by atoms with E-state index in [2.05, 4.69) is 36.5 Å². The lowest BCUT2D eigenvalue weighted by atomic mass is 9.78. The van der Waals surface area contributed by atoms with E-state index in [1.54, 1.807) is 16.2 Å². The number of carbonyl (C=O) groups is 1. The molecule has 1 aliphatic rings. The van der Waals surface area contributed by atoms with Gasteiger partial charge in [-0.3, -0.25) is 0 Å². The van der Waals surface area contributed by atoms with Crippen LogP contribution in [0.5, 0.6) is 0 Å². The van der Waals surface area contributed by atoms with Crippen LogP contribution in [-0.4, -0.2) is 35.7 Å². The maximum atomic E-state index is 12.8. The zero-order chi connectivity index (χ0) is 18.4. The quantitative estimate of drug-likeness (QED) is 0.770. The van der Waals surface area contributed by atoms with E-state index >= 15 is 0 Å². The van der Waals surface area contributed by atoms with Gasteiger partial charge >= 0.3 is 6.03 Å². The fourth-order valence-corrected chi connectivity index (χ4v) is 4.59. The van der Waals surface area contributed by atoms with Gasteiger partial charge in [0.25, 0.3) is 0 Å². The Hall–Kier alpha value is -1.85. The molecule has 0 saturated heterocycles. The molecule has 0 radical (unpaired) electrons. The Bertz CT molecular complexity index is 709. The number of amides is 2. The van der Waals surface area contributed by atoms with Crippen molar-refractivity contribution in [1.29, 1.82) is 0 Å². The highest BCUT2D eigenvalue weighted by atomic mass is 32.1. The van der Waals surface area contributed by atoms with Crippen molar-refractivity contribution in [2.75, 3.05) is 19.7 Å². The van der Waals surface area contributed by atoms with E-state index in [-0.39, 0.29) is 18.1 Å². The average molecular weight is 373 g/mol. The van der Waals surface area contributed by atoms with Gasteiger partial charge in [0.15, 0.2) is 0 Å². The van der Waals surface area contributed by atoms with Gasteiger partial charge in [-0.15, -0.1) is 0 Å². The molecule has 1 fully saturated rings. The molecule has 1 aromatic heterocycles. The van der Waals surface area contributed by atoms with Crippen molar-refractivity contribution >= 4 is 17.4 Å². The summed E-state index contributed by atoms with van der Waals surface area (Å²) in [4.78, 5) is 14.5. The maximum absolute atomic E-state index is 12.8. The summed E-state index contributed by atoms with van der Waals surface area (Å²) in [7, 11) is 0. The molecule has 1 heterocycles. The van der Waals surface area contributed by atoms with Gasteiger partial charge in [0.2, 0.25) is 0 Å². The fourth-order valence-electron chi connectivity index (χ4n) is 3.93. The van der Waals surface area contributed by atoms with Gasteiger partial charge in [-0.2, -0.15) is 11.3 Å². The first kappa shape index (κ1) is 18.9. The summed E-state index contributed by atoms with van der Waals surface area (Å²) in [6.45, 7) is 3.63. The van der Waals surface area contributed by atoms with Crippen LogP contribution in [0.1, 0.15) is 42.4 Å². The van der Waals surface area contributed by atoms with Crippen LogP contribution >= 0.6 is 11.3 Å². The van der Waals surface area contributed by atoms with Crippen LogP contribution in [0, 0.1) is 6.92 Å². The van der Waals surface area contributed by atoms with E-state index < -0.39 is 0 Å². The third-order valence-corrected chi connectivity index (χ3v) is 6.11. The van der Waals surface area contributed by atoms with Crippen LogP contribution in [0.15, 0.2) is 41.1 Å². The number of urea groups is 1. The number of hydrogen-bond acceptors (Lipinski definition) is 3. The van der Waals surface area contributed by atoms with Crippen molar-refractivity contribution in [3.05, 3.63) is 57.8 Å². The molecule has 0 bridgehead atoms. The number of nitrogens with zero attached hydrogens (tertiary/aromatic N) is 1. The van der Waals surface area contributed by atoms with Gasteiger partial charge in [0, 0.05) is 25.0 Å². The van der Waals surface area contributed by atoms with Gasteiger partial charge in [-0.1, -0.05) is 42.7 Å². The minimum atomic E-state index is -0.0934. The van der Waals surface area contributed by atoms with Gasteiger partial charge in [0.1, 0.15) is 0 Å². The molecular weight excluding hydrogens is 344 g/mol. The lowest BCUT2D eigenvalue weighted by molar-refractivity contribution is 0.171. The summed E-state index contributed by atoms with van der Waals surface area (Å²) in [5.41, 5.74) is 3.74. The van der Waals surface area contributed by atoms with Crippen LogP contribution in [0.2, 0.25) is 0 Å². The van der Waals surface area contributed by atoms with E-state index in [4.69, 9.17) is 0 Å². The molecule has 3 rings (SSSR count). The van der Waals surface area contributed by atoms with Crippen LogP contribution in [0.4, 0.5) is 4.79 Å². The molecule has 4 nitrogen and oxygen atoms in total. The smallest absolute Gasteiger partial charge is 0.317 e. The predicted molar refractivity (Wildman–Crippen MR) is 107 cm³/mol. The van der Waals surface area contributed by atoms with Crippen molar-refractivity contribution in [2.45, 2.75) is 44.6 Å². The lowest BCUT2D eigenvalue weighted by Gasteiger charge is -2.32. The number of benzene rings is 1. The first-order chi connectivity index (χ1) is 12.6. The number of carbonyl (C=O) groups excluding carboxylic acids is 1. The van der Waals surface area contributed by atoms with E-state index in [9.17, 15) is 9.90 Å². The largest absolute Gasteiger partial charge is 0.395 e. The normalized spacial score (nSPS) is 15.8. The molecule has 0 aliphatic heterocycles. The molecule has 1 aromatic carbocycles. The first-order valence-corrected chi connectivity index (χ1v) is 10.3. The van der Waals surface area contributed by atoms with E-state index in [0.717, 1.165) is 18.4 Å². The minimum Gasteiger partial charge on any atom is -0.395 e. The molecule has 5 heteroatoms. The second kappa shape index (κ2) is 8.69. The summed E-state index contributed by atoms with van der Waals surface area (Å²) in [6.07, 6.45) is 4.64. The van der Waals surface area contributed by atoms with Gasteiger partial charge in [-0.25, -0.2) is 4.79 Å². The number of nitrogens with one attached hydrogen (secondary N) is 1. The van der Waals surface area contributed by atoms with Crippen LogP contribution in [0.25, 0.3) is 0 Å². The summed E-state index contributed by atoms with van der Waals surface area (Å²) in [5, 5.41) is 16.5. The molecular formula is C21H28N2O2S. The molecule has 2 aromatic rings. The van der Waals surface area contributed by atoms with Crippen molar-refractivity contribution < 1.29 is 9.90 Å². The number of aryl methyl sites for hydroxylation is 1. The summed E-state index contributed by atoms with van der Waals surface area (Å²) in [6, 6.07) is 10.6. The second-order valence-electron chi connectivity index (χ2n) is 7.29. The number of aliphatic hydroxyl groups excluding tert-OH is 1. The fraction of sp³-hybridized carbons (Fsp3) is 0.476. The highest BCUT2D eigenvalue weighted by molar-refractivity contribution is 7.07. The number of aliphatic hydroxyl groups is 1. The second-order valence-corrected chi connectivity index (χ2v) is 8.07. The van der Waals surface area contributed by atoms with Gasteiger partial charge < -0.3 is 15.3 Å². The molecule has 0 unspecified atom stereocenters. The average Bonchev–Trinajstić information content (AvgIpc) is 3.32. The van der Waals surface area contributed by atoms with Gasteiger partial charge in [0.05, 0.1) is 6.61 Å². The molecule has 26 heavy (non-hydrogen) atoms. The molecule has 2 amide bonds. The number of thiophene rings is 1. The first-order valence-electron chi connectivity index (χ1n) is 9.35. The van der Waals surface area contributed by atoms with E-state index in [1.165, 1.54) is 24.0 Å². The van der Waals surface area contributed by atoms with Crippen molar-refractivity contribution in [3.8, 4) is 0 Å². The predicted octanol–water partition coefficient (Wildman–Crippen LogP) is 4.07. The topological polar surface area (TPSA) is 52.6 Å². The number of hydrogen-bond donors (Lipinski definition) is 2. The minimum absolute atomic E-state index is 0.0272. The van der Waals surface area contributed by atoms with Crippen LogP contribution in [0.3, 0.4) is 0 Å². The Labute approximate surface area is 159 Å². The monoisotopic (exact) mass is 372 g/mol. The Balaban J connectivity index is 1.68. The summed E-state index contributed by atoms with van der Waals surface area (Å²) >= 11 is 1.62. The Morgan fingerprint density at radius 2 is 2.12 bits per heavy atom. The SMILES string of the molecule is Cc1cccc(C2(CNC(=O)N(CCO)Cc3ccsc3)CCCC2)c1. The highest BCUT2D eigenvalue weighted by Crippen LogP contribution is 2.40. The van der Waals surface area contributed by atoms with E-state index in [1.807, 2.05) is 16.8 Å². The molecule has 1 aliphatic carbocycles. The standard InChI is InChI=1S/C21H28N2O2S/c1-17-5-4-6-19(13-17)21(8-2-3-9-21)16-22-20(25)23(10-11-24)14-18-7-12-26-15-18/h4-7,12-13,15,24H,2-3,8-11,14,16H2,1H3,(H,22,25). The van der Waals surface area contributed by atoms with E-state index in [0.29, 0.717) is 19.6 Å². The van der Waals surface area contributed by atoms with Crippen LogP contribution in [-0.2, 0) is 12.0 Å². The highest BCUT2D eigenvalue weighted by Gasteiger charge is 2.36. The molecule has 140 valence electrons. The van der Waals surface area contributed by atoms with Crippen molar-refractivity contribution in [2.24, 2.45) is 0 Å². The third-order valence-electron chi connectivity index (χ3n) is 5.38. The summed E-state index contributed by atoms with van der Waals surface area (Å²) < 4.78 is 0. The van der Waals surface area contributed by atoms with Gasteiger partial charge in [-0.05, 0) is 47.7 Å². The number of rotatable bonds is 7. The molecule has 0 atom stereocenters.